The SMILES string of the molecule is Cc1cccc(C)c1-c1ccc(N(C2=C3C=CC4=C5C(=CC=C(C=C2)C35)C(N(c2cccc(C#N)c2)c2ccc(-c3c(C)cccc3C)cc2-c2c(C)cccc2C)C=C4)c2cccc(C#N)c2)c(-c2c(C)cccc2C)c1. The lowest BCUT2D eigenvalue weighted by atomic mass is 9.67. The van der Waals surface area contributed by atoms with Crippen LogP contribution in [0.5, 0.6) is 0 Å². The summed E-state index contributed by atoms with van der Waals surface area (Å²) in [6, 6.07) is 61.0. The predicted octanol–water partition coefficient (Wildman–Crippen LogP) is 18.7. The zero-order chi connectivity index (χ0) is 53.9. The van der Waals surface area contributed by atoms with Gasteiger partial charge in [0, 0.05) is 34.1 Å². The fraction of sp³-hybridized carbons (Fsp3) is 0.135. The van der Waals surface area contributed by atoms with E-state index in [2.05, 4.69) is 247 Å². The molecule has 78 heavy (non-hydrogen) atoms. The standard InChI is InChI=1S/C74H60N4/c1-45-15-9-16-46(2)69(45)57-31-37-67(63(41-57)71-49(5)19-11-20-50(71)6)77(59-25-13-23-53(39-59)43-75)65-35-29-55-28-34-62-66(36-30-56-27-33-61(65)73(55)74(56)62)78(60-26-14-24-54(40-60)44-76)68-38-32-58(70-47(3)17-10-18-48(70)4)42-64(68)72-51(7)21-12-22-52(72)8/h9-42,65,74H,1-8H3. The maximum Gasteiger partial charge on any atom is 0.0992 e. The smallest absolute Gasteiger partial charge is 0.0992 e. The molecule has 0 saturated carbocycles. The van der Waals surface area contributed by atoms with Crippen LogP contribution in [0.15, 0.2) is 240 Å². The minimum Gasteiger partial charge on any atom is -0.330 e. The molecule has 4 aliphatic carbocycles. The lowest BCUT2D eigenvalue weighted by Crippen LogP contribution is -2.37. The van der Waals surface area contributed by atoms with Gasteiger partial charge in [-0.05, 0) is 228 Å². The second kappa shape index (κ2) is 19.9. The highest BCUT2D eigenvalue weighted by Gasteiger charge is 2.41. The molecule has 0 heterocycles. The number of aryl methyl sites for hydroxylation is 8. The molecule has 0 radical (unpaired) electrons. The largest absolute Gasteiger partial charge is 0.330 e. The van der Waals surface area contributed by atoms with Crippen LogP contribution in [0.25, 0.3) is 44.5 Å². The number of nitrogens with zero attached hydrogens (tertiary/aromatic N) is 4. The third-order valence-electron chi connectivity index (χ3n) is 16.5. The van der Waals surface area contributed by atoms with Crippen LogP contribution in [0.3, 0.4) is 0 Å². The van der Waals surface area contributed by atoms with Gasteiger partial charge in [-0.1, -0.05) is 140 Å². The number of benzene rings is 8. The highest BCUT2D eigenvalue weighted by molar-refractivity contribution is 5.94. The molecule has 0 saturated heterocycles. The monoisotopic (exact) mass is 1000 g/mol. The summed E-state index contributed by atoms with van der Waals surface area (Å²) in [5, 5.41) is 20.9. The number of allylic oxidation sites excluding steroid dienone is 10. The van der Waals surface area contributed by atoms with E-state index in [1.165, 1.54) is 106 Å². The van der Waals surface area contributed by atoms with Gasteiger partial charge in [-0.25, -0.2) is 0 Å². The minimum absolute atomic E-state index is 0.0894. The summed E-state index contributed by atoms with van der Waals surface area (Å²) < 4.78 is 0. The Balaban J connectivity index is 1.06. The number of hydrogen-bond acceptors (Lipinski definition) is 4. The van der Waals surface area contributed by atoms with E-state index < -0.39 is 0 Å². The van der Waals surface area contributed by atoms with Gasteiger partial charge < -0.3 is 9.80 Å². The van der Waals surface area contributed by atoms with Crippen LogP contribution >= 0.6 is 0 Å². The molecule has 0 aliphatic heterocycles. The van der Waals surface area contributed by atoms with E-state index in [9.17, 15) is 10.5 Å². The van der Waals surface area contributed by atoms with E-state index >= 15 is 0 Å². The zero-order valence-corrected chi connectivity index (χ0v) is 45.6. The maximum absolute atomic E-state index is 10.4. The van der Waals surface area contributed by atoms with E-state index in [-0.39, 0.29) is 12.0 Å². The van der Waals surface area contributed by atoms with Gasteiger partial charge in [-0.15, -0.1) is 0 Å². The van der Waals surface area contributed by atoms with Gasteiger partial charge in [0.15, 0.2) is 0 Å². The van der Waals surface area contributed by atoms with Crippen molar-refractivity contribution in [2.45, 2.75) is 61.4 Å². The van der Waals surface area contributed by atoms with Crippen molar-refractivity contribution in [2.75, 3.05) is 9.80 Å². The first-order valence-corrected chi connectivity index (χ1v) is 27.0. The van der Waals surface area contributed by atoms with Crippen molar-refractivity contribution in [3.05, 3.63) is 296 Å². The Morgan fingerprint density at radius 3 is 1.44 bits per heavy atom. The van der Waals surface area contributed by atoms with Gasteiger partial charge in [-0.2, -0.15) is 10.5 Å². The lowest BCUT2D eigenvalue weighted by Gasteiger charge is -2.44. The second-order valence-corrected chi connectivity index (χ2v) is 21.5. The van der Waals surface area contributed by atoms with Crippen molar-refractivity contribution in [1.29, 1.82) is 10.5 Å². The zero-order valence-electron chi connectivity index (χ0n) is 45.6. The Labute approximate surface area is 460 Å². The van der Waals surface area contributed by atoms with E-state index in [0.29, 0.717) is 11.1 Å². The molecule has 0 bridgehead atoms. The second-order valence-electron chi connectivity index (χ2n) is 21.5. The molecule has 12 rings (SSSR count). The van der Waals surface area contributed by atoms with Crippen molar-refractivity contribution < 1.29 is 0 Å². The fourth-order valence-corrected chi connectivity index (χ4v) is 13.0. The quantitative estimate of drug-likeness (QED) is 0.137. The third-order valence-corrected chi connectivity index (χ3v) is 16.5. The van der Waals surface area contributed by atoms with Crippen molar-refractivity contribution in [1.82, 2.24) is 0 Å². The molecule has 0 N–H and O–H groups in total. The highest BCUT2D eigenvalue weighted by atomic mass is 15.2. The summed E-state index contributed by atoms with van der Waals surface area (Å²) in [4.78, 5) is 4.87. The minimum atomic E-state index is -0.247. The Morgan fingerprint density at radius 2 is 0.897 bits per heavy atom. The summed E-state index contributed by atoms with van der Waals surface area (Å²) in [7, 11) is 0. The van der Waals surface area contributed by atoms with E-state index in [1.54, 1.807) is 0 Å². The van der Waals surface area contributed by atoms with Crippen LogP contribution < -0.4 is 9.80 Å². The van der Waals surface area contributed by atoms with E-state index in [4.69, 9.17) is 0 Å². The first kappa shape index (κ1) is 49.4. The Morgan fingerprint density at radius 1 is 0.423 bits per heavy atom. The van der Waals surface area contributed by atoms with Crippen molar-refractivity contribution in [3.8, 4) is 56.6 Å². The average Bonchev–Trinajstić information content (AvgIpc) is 3.60. The molecular weight excluding hydrogens is 945 g/mol. The van der Waals surface area contributed by atoms with Crippen LogP contribution in [0.2, 0.25) is 0 Å². The molecule has 376 valence electrons. The normalized spacial score (nSPS) is 15.8. The Kier molecular flexibility index (Phi) is 12.6. The molecule has 4 heteroatoms. The number of nitriles is 2. The molecule has 4 nitrogen and oxygen atoms in total. The number of hydrogen-bond donors (Lipinski definition) is 0. The summed E-state index contributed by atoms with van der Waals surface area (Å²) >= 11 is 0. The van der Waals surface area contributed by atoms with Crippen LogP contribution in [0, 0.1) is 84.0 Å². The van der Waals surface area contributed by atoms with Crippen LogP contribution in [-0.4, -0.2) is 6.04 Å². The summed E-state index contributed by atoms with van der Waals surface area (Å²) in [5.74, 6) is -0.0894. The van der Waals surface area contributed by atoms with E-state index in [1.807, 2.05) is 36.4 Å². The topological polar surface area (TPSA) is 54.1 Å². The summed E-state index contributed by atoms with van der Waals surface area (Å²) in [5.41, 5.74) is 31.5. The summed E-state index contributed by atoms with van der Waals surface area (Å²) in [6.45, 7) is 17.7. The molecule has 0 aromatic heterocycles. The lowest BCUT2D eigenvalue weighted by molar-refractivity contribution is 0.773. The molecule has 4 aliphatic rings. The van der Waals surface area contributed by atoms with Gasteiger partial charge >= 0.3 is 0 Å². The third kappa shape index (κ3) is 8.39. The van der Waals surface area contributed by atoms with Gasteiger partial charge in [-0.3, -0.25) is 0 Å². The van der Waals surface area contributed by atoms with Crippen molar-refractivity contribution in [2.24, 2.45) is 5.92 Å². The maximum atomic E-state index is 10.4. The number of rotatable bonds is 10. The molecular formula is C74H60N4. The van der Waals surface area contributed by atoms with Crippen LogP contribution in [-0.2, 0) is 0 Å². The molecule has 0 amide bonds. The molecule has 8 aromatic carbocycles. The predicted molar refractivity (Wildman–Crippen MR) is 324 cm³/mol. The average molecular weight is 1010 g/mol. The van der Waals surface area contributed by atoms with E-state index in [0.717, 1.165) is 39.6 Å². The van der Waals surface area contributed by atoms with Crippen LogP contribution in [0.1, 0.15) is 55.6 Å². The van der Waals surface area contributed by atoms with Crippen molar-refractivity contribution in [3.63, 3.8) is 0 Å². The molecule has 2 unspecified atom stereocenters. The highest BCUT2D eigenvalue weighted by Crippen LogP contribution is 2.54. The summed E-state index contributed by atoms with van der Waals surface area (Å²) in [6.07, 6.45) is 18.5. The number of anilines is 4. The molecule has 0 spiro atoms. The molecule has 2 atom stereocenters. The van der Waals surface area contributed by atoms with Gasteiger partial charge in [0.1, 0.15) is 0 Å². The van der Waals surface area contributed by atoms with Gasteiger partial charge in [0.2, 0.25) is 0 Å². The van der Waals surface area contributed by atoms with Gasteiger partial charge in [0.25, 0.3) is 0 Å². The van der Waals surface area contributed by atoms with Crippen LogP contribution in [0.4, 0.5) is 22.7 Å². The molecule has 0 fully saturated rings. The van der Waals surface area contributed by atoms with Gasteiger partial charge in [0.05, 0.1) is 40.7 Å². The fourth-order valence-electron chi connectivity index (χ4n) is 13.0. The Hall–Kier alpha value is -9.48. The first-order chi connectivity index (χ1) is 37.9. The van der Waals surface area contributed by atoms with Crippen molar-refractivity contribution >= 4 is 22.7 Å². The Bertz CT molecular complexity index is 4090. The first-order valence-electron chi connectivity index (χ1n) is 27.0. The molecule has 8 aromatic rings.